The minimum Gasteiger partial charge on any atom is -0.329 e. The summed E-state index contributed by atoms with van der Waals surface area (Å²) in [4.78, 5) is 30.5. The second-order valence-electron chi connectivity index (χ2n) is 7.00. The zero-order chi connectivity index (χ0) is 18.1. The number of benzene rings is 1. The molecule has 1 aliphatic heterocycles. The van der Waals surface area contributed by atoms with Crippen LogP contribution in [0, 0.1) is 0 Å². The number of fused-ring (bicyclic) bond motifs is 1. The predicted molar refractivity (Wildman–Crippen MR) is 109 cm³/mol. The van der Waals surface area contributed by atoms with Crippen molar-refractivity contribution >= 4 is 29.9 Å². The molecule has 7 heteroatoms. The maximum absolute atomic E-state index is 13.2. The number of amides is 1. The van der Waals surface area contributed by atoms with Crippen LogP contribution in [0.15, 0.2) is 35.1 Å². The molecule has 1 saturated heterocycles. The zero-order valence-corrected chi connectivity index (χ0v) is 16.5. The van der Waals surface area contributed by atoms with Gasteiger partial charge in [0.05, 0.1) is 6.04 Å². The summed E-state index contributed by atoms with van der Waals surface area (Å²) in [6.45, 7) is 1.92. The van der Waals surface area contributed by atoms with Crippen LogP contribution in [0.3, 0.4) is 0 Å². The van der Waals surface area contributed by atoms with Gasteiger partial charge in [0.2, 0.25) is 0 Å². The smallest absolute Gasteiger partial charge is 0.261 e. The van der Waals surface area contributed by atoms with E-state index >= 15 is 0 Å². The number of aromatic nitrogens is 1. The number of carbonyl (C=O) groups is 1. The minimum absolute atomic E-state index is 0. The predicted octanol–water partition coefficient (Wildman–Crippen LogP) is 3.12. The van der Waals surface area contributed by atoms with Crippen molar-refractivity contribution in [2.24, 2.45) is 0 Å². The first-order chi connectivity index (χ1) is 12.6. The minimum atomic E-state index is -0.279. The third kappa shape index (κ3) is 4.05. The number of piperazine rings is 1. The fourth-order valence-electron chi connectivity index (χ4n) is 3.95. The van der Waals surface area contributed by atoms with E-state index in [2.05, 4.69) is 10.3 Å². The Morgan fingerprint density at radius 1 is 1.19 bits per heavy atom. The number of nitrogens with zero attached hydrogens (tertiary/aromatic N) is 1. The van der Waals surface area contributed by atoms with Gasteiger partial charge in [-0.1, -0.05) is 23.7 Å². The molecule has 0 spiro atoms. The molecular formula is C20H23Cl2N3O2. The number of aryl methyl sites for hydroxylation is 2. The molecule has 1 aromatic heterocycles. The first kappa shape index (κ1) is 19.9. The zero-order valence-electron chi connectivity index (χ0n) is 15.0. The molecule has 5 nitrogen and oxygen atoms in total. The average molecular weight is 408 g/mol. The molecule has 1 unspecified atom stereocenters. The molecule has 144 valence electrons. The molecule has 1 aromatic carbocycles. The van der Waals surface area contributed by atoms with E-state index in [9.17, 15) is 9.59 Å². The number of hydrogen-bond donors (Lipinski definition) is 2. The number of nitrogens with one attached hydrogen (secondary N) is 2. The highest BCUT2D eigenvalue weighted by Gasteiger charge is 2.30. The summed E-state index contributed by atoms with van der Waals surface area (Å²) in [6, 6.07) is 9.25. The topological polar surface area (TPSA) is 65.2 Å². The van der Waals surface area contributed by atoms with Crippen LogP contribution in [-0.4, -0.2) is 35.4 Å². The lowest BCUT2D eigenvalue weighted by molar-refractivity contribution is 0.0632. The Morgan fingerprint density at radius 3 is 2.81 bits per heavy atom. The highest BCUT2D eigenvalue weighted by Crippen LogP contribution is 2.26. The van der Waals surface area contributed by atoms with Gasteiger partial charge in [0, 0.05) is 30.4 Å². The summed E-state index contributed by atoms with van der Waals surface area (Å²) >= 11 is 6.13. The molecule has 27 heavy (non-hydrogen) atoms. The lowest BCUT2D eigenvalue weighted by Gasteiger charge is -2.36. The van der Waals surface area contributed by atoms with Crippen molar-refractivity contribution in [1.29, 1.82) is 0 Å². The Bertz CT molecular complexity index is 897. The van der Waals surface area contributed by atoms with Crippen LogP contribution in [0.4, 0.5) is 0 Å². The van der Waals surface area contributed by atoms with Gasteiger partial charge in [0.15, 0.2) is 0 Å². The van der Waals surface area contributed by atoms with E-state index in [1.54, 1.807) is 4.90 Å². The summed E-state index contributed by atoms with van der Waals surface area (Å²) in [7, 11) is 0. The van der Waals surface area contributed by atoms with E-state index in [1.807, 2.05) is 30.3 Å². The van der Waals surface area contributed by atoms with Gasteiger partial charge in [-0.25, -0.2) is 0 Å². The van der Waals surface area contributed by atoms with Crippen LogP contribution in [0.1, 0.15) is 46.1 Å². The van der Waals surface area contributed by atoms with Crippen molar-refractivity contribution in [2.45, 2.75) is 31.7 Å². The third-order valence-corrected chi connectivity index (χ3v) is 5.54. The molecular weight excluding hydrogens is 385 g/mol. The van der Waals surface area contributed by atoms with E-state index < -0.39 is 0 Å². The first-order valence-electron chi connectivity index (χ1n) is 9.16. The van der Waals surface area contributed by atoms with Gasteiger partial charge in [0.1, 0.15) is 5.56 Å². The van der Waals surface area contributed by atoms with Crippen LogP contribution >= 0.6 is 24.0 Å². The molecule has 1 fully saturated rings. The fourth-order valence-corrected chi connectivity index (χ4v) is 4.15. The van der Waals surface area contributed by atoms with Crippen molar-refractivity contribution in [3.63, 3.8) is 0 Å². The molecule has 2 aromatic rings. The lowest BCUT2D eigenvalue weighted by Crippen LogP contribution is -2.49. The summed E-state index contributed by atoms with van der Waals surface area (Å²) in [5, 5.41) is 3.98. The van der Waals surface area contributed by atoms with Gasteiger partial charge >= 0.3 is 0 Å². The number of halogens is 2. The number of pyridine rings is 1. The summed E-state index contributed by atoms with van der Waals surface area (Å²) in [5.74, 6) is -0.203. The van der Waals surface area contributed by atoms with Crippen molar-refractivity contribution in [3.05, 3.63) is 68.1 Å². The van der Waals surface area contributed by atoms with Crippen molar-refractivity contribution in [3.8, 4) is 0 Å². The largest absolute Gasteiger partial charge is 0.329 e. The molecule has 0 radical (unpaired) electrons. The van der Waals surface area contributed by atoms with Crippen molar-refractivity contribution in [2.75, 3.05) is 19.6 Å². The van der Waals surface area contributed by atoms with Crippen LogP contribution in [-0.2, 0) is 12.8 Å². The molecule has 1 amide bonds. The second-order valence-corrected chi connectivity index (χ2v) is 7.43. The maximum Gasteiger partial charge on any atom is 0.261 e. The molecule has 0 bridgehead atoms. The standard InChI is InChI=1S/C20H22ClN3O2.ClH/c21-15-6-3-5-14(10-15)18-12-22-8-9-24(18)20(26)16-11-13-4-1-2-7-17(13)23-19(16)25;/h3,5-6,10-11,18,22H,1-2,4,7-9,12H2,(H,23,25);1H. The SMILES string of the molecule is Cl.O=C(c1cc2c([nH]c1=O)CCCC2)N1CCNCC1c1cccc(Cl)c1. The van der Waals surface area contributed by atoms with E-state index in [0.29, 0.717) is 24.7 Å². The second kappa shape index (κ2) is 8.46. The Hall–Kier alpha value is -1.82. The molecule has 4 rings (SSSR count). The van der Waals surface area contributed by atoms with Crippen LogP contribution < -0.4 is 10.9 Å². The van der Waals surface area contributed by atoms with E-state index in [4.69, 9.17) is 11.6 Å². The Morgan fingerprint density at radius 2 is 2.00 bits per heavy atom. The molecule has 1 atom stereocenters. The maximum atomic E-state index is 13.2. The Labute approximate surface area is 169 Å². The van der Waals surface area contributed by atoms with Gasteiger partial charge in [-0.2, -0.15) is 0 Å². The summed E-state index contributed by atoms with van der Waals surface area (Å²) < 4.78 is 0. The van der Waals surface area contributed by atoms with Gasteiger partial charge < -0.3 is 15.2 Å². The number of rotatable bonds is 2. The molecule has 1 aliphatic carbocycles. The molecule has 2 aliphatic rings. The summed E-state index contributed by atoms with van der Waals surface area (Å²) in [6.07, 6.45) is 4.00. The highest BCUT2D eigenvalue weighted by atomic mass is 35.5. The van der Waals surface area contributed by atoms with Gasteiger partial charge in [-0.15, -0.1) is 12.4 Å². The number of H-pyrrole nitrogens is 1. The molecule has 2 N–H and O–H groups in total. The lowest BCUT2D eigenvalue weighted by atomic mass is 9.94. The Kier molecular flexibility index (Phi) is 6.25. The normalized spacial score (nSPS) is 19.1. The third-order valence-electron chi connectivity index (χ3n) is 5.31. The average Bonchev–Trinajstić information content (AvgIpc) is 2.67. The fraction of sp³-hybridized carbons (Fsp3) is 0.400. The first-order valence-corrected chi connectivity index (χ1v) is 9.53. The van der Waals surface area contributed by atoms with Crippen molar-refractivity contribution in [1.82, 2.24) is 15.2 Å². The number of aromatic amines is 1. The van der Waals surface area contributed by atoms with Gasteiger partial charge in [-0.3, -0.25) is 9.59 Å². The van der Waals surface area contributed by atoms with Crippen molar-refractivity contribution < 1.29 is 4.79 Å². The monoisotopic (exact) mass is 407 g/mol. The van der Waals surface area contributed by atoms with E-state index in [-0.39, 0.29) is 35.5 Å². The van der Waals surface area contributed by atoms with Crippen LogP contribution in [0.25, 0.3) is 0 Å². The quantitative estimate of drug-likeness (QED) is 0.803. The Balaban J connectivity index is 0.00000210. The number of hydrogen-bond acceptors (Lipinski definition) is 3. The van der Waals surface area contributed by atoms with E-state index in [1.165, 1.54) is 0 Å². The van der Waals surface area contributed by atoms with Crippen LogP contribution in [0.2, 0.25) is 5.02 Å². The molecule has 0 saturated carbocycles. The highest BCUT2D eigenvalue weighted by molar-refractivity contribution is 6.30. The van der Waals surface area contributed by atoms with Crippen LogP contribution in [0.5, 0.6) is 0 Å². The van der Waals surface area contributed by atoms with E-state index in [0.717, 1.165) is 42.5 Å². The van der Waals surface area contributed by atoms with Gasteiger partial charge in [-0.05, 0) is 55.0 Å². The summed E-state index contributed by atoms with van der Waals surface area (Å²) in [5.41, 5.74) is 3.05. The molecule has 2 heterocycles. The number of carbonyl (C=O) groups excluding carboxylic acids is 1. The van der Waals surface area contributed by atoms with Gasteiger partial charge in [0.25, 0.3) is 11.5 Å².